The summed E-state index contributed by atoms with van der Waals surface area (Å²) in [4.78, 5) is 0. The number of phenols is 1. The van der Waals surface area contributed by atoms with Crippen molar-refractivity contribution in [2.45, 2.75) is 0 Å². The van der Waals surface area contributed by atoms with Crippen LogP contribution in [0.5, 0.6) is 23.0 Å². The Morgan fingerprint density at radius 3 is 2.32 bits per heavy atom. The molecule has 0 bridgehead atoms. The second-order valence-corrected chi connectivity index (χ2v) is 6.32. The highest BCUT2D eigenvalue weighted by molar-refractivity contribution is 9.11. The van der Waals surface area contributed by atoms with Crippen molar-refractivity contribution < 1.29 is 14.6 Å². The monoisotopic (exact) mass is 450 g/mol. The van der Waals surface area contributed by atoms with Gasteiger partial charge in [0.15, 0.2) is 23.0 Å². The van der Waals surface area contributed by atoms with Crippen LogP contribution in [0.4, 0.5) is 0 Å². The van der Waals surface area contributed by atoms with Gasteiger partial charge in [-0.25, -0.2) is 0 Å². The molecule has 0 aliphatic heterocycles. The molecule has 2 aromatic carbocycles. The summed E-state index contributed by atoms with van der Waals surface area (Å²) in [7, 11) is 1.56. The Labute approximate surface area is 135 Å². The van der Waals surface area contributed by atoms with Crippen LogP contribution in [0, 0.1) is 0 Å². The highest BCUT2D eigenvalue weighted by Crippen LogP contribution is 2.42. The van der Waals surface area contributed by atoms with Gasteiger partial charge in [0, 0.05) is 8.95 Å². The maximum absolute atomic E-state index is 9.84. The Balaban J connectivity index is 2.42. The third kappa shape index (κ3) is 3.43. The maximum Gasteiger partial charge on any atom is 0.175 e. The van der Waals surface area contributed by atoms with Crippen molar-refractivity contribution >= 4 is 47.8 Å². The van der Waals surface area contributed by atoms with E-state index in [1.165, 1.54) is 0 Å². The summed E-state index contributed by atoms with van der Waals surface area (Å²) in [6.45, 7) is 0. The SMILES string of the molecule is COc1c(Br)cc(Br)cc1Oc1ccc(Br)cc1O. The van der Waals surface area contributed by atoms with Crippen molar-refractivity contribution in [1.82, 2.24) is 0 Å². The minimum Gasteiger partial charge on any atom is -0.504 e. The molecule has 2 aromatic rings. The van der Waals surface area contributed by atoms with Crippen LogP contribution in [0.15, 0.2) is 43.7 Å². The van der Waals surface area contributed by atoms with Crippen LogP contribution in [0.2, 0.25) is 0 Å². The smallest absolute Gasteiger partial charge is 0.175 e. The number of halogens is 3. The summed E-state index contributed by atoms with van der Waals surface area (Å²) in [5.74, 6) is 1.46. The van der Waals surface area contributed by atoms with Gasteiger partial charge in [0.1, 0.15) is 0 Å². The van der Waals surface area contributed by atoms with Crippen molar-refractivity contribution in [3.63, 3.8) is 0 Å². The molecule has 0 unspecified atom stereocenters. The molecule has 0 aromatic heterocycles. The fourth-order valence-electron chi connectivity index (χ4n) is 1.51. The van der Waals surface area contributed by atoms with E-state index in [4.69, 9.17) is 9.47 Å². The second kappa shape index (κ2) is 6.15. The van der Waals surface area contributed by atoms with Gasteiger partial charge in [-0.05, 0) is 46.3 Å². The fourth-order valence-corrected chi connectivity index (χ4v) is 3.20. The standard InChI is InChI=1S/C13H9Br3O3/c1-18-13-9(16)4-8(15)6-12(13)19-11-3-2-7(14)5-10(11)17/h2-6,17H,1H3. The number of hydrogen-bond donors (Lipinski definition) is 1. The molecule has 0 aliphatic carbocycles. The van der Waals surface area contributed by atoms with Crippen LogP contribution in [0.1, 0.15) is 0 Å². The number of hydrogen-bond acceptors (Lipinski definition) is 3. The number of aromatic hydroxyl groups is 1. The van der Waals surface area contributed by atoms with E-state index >= 15 is 0 Å². The van der Waals surface area contributed by atoms with Crippen LogP contribution in [0.3, 0.4) is 0 Å². The number of phenolic OH excluding ortho intramolecular Hbond substituents is 1. The van der Waals surface area contributed by atoms with E-state index in [9.17, 15) is 5.11 Å². The van der Waals surface area contributed by atoms with E-state index in [1.807, 2.05) is 6.07 Å². The van der Waals surface area contributed by atoms with E-state index in [0.717, 1.165) is 13.4 Å². The molecular weight excluding hydrogens is 444 g/mol. The van der Waals surface area contributed by atoms with Gasteiger partial charge in [-0.1, -0.05) is 31.9 Å². The predicted octanol–water partition coefficient (Wildman–Crippen LogP) is 5.48. The summed E-state index contributed by atoms with van der Waals surface area (Å²) in [5.41, 5.74) is 0. The van der Waals surface area contributed by atoms with Gasteiger partial charge in [-0.3, -0.25) is 0 Å². The molecular formula is C13H9Br3O3. The second-order valence-electron chi connectivity index (χ2n) is 3.63. The molecule has 3 nitrogen and oxygen atoms in total. The summed E-state index contributed by atoms with van der Waals surface area (Å²) in [5, 5.41) is 9.84. The number of ether oxygens (including phenoxy) is 2. The first kappa shape index (κ1) is 14.7. The molecule has 0 saturated carbocycles. The molecule has 100 valence electrons. The maximum atomic E-state index is 9.84. The quantitative estimate of drug-likeness (QED) is 0.670. The molecule has 0 spiro atoms. The summed E-state index contributed by atoms with van der Waals surface area (Å²) in [6.07, 6.45) is 0. The largest absolute Gasteiger partial charge is 0.504 e. The third-order valence-electron chi connectivity index (χ3n) is 2.32. The van der Waals surface area contributed by atoms with Crippen LogP contribution < -0.4 is 9.47 Å². The van der Waals surface area contributed by atoms with Crippen molar-refractivity contribution in [2.24, 2.45) is 0 Å². The van der Waals surface area contributed by atoms with Gasteiger partial charge in [-0.15, -0.1) is 0 Å². The van der Waals surface area contributed by atoms with Crippen LogP contribution in [-0.2, 0) is 0 Å². The average Bonchev–Trinajstić information content (AvgIpc) is 2.32. The molecule has 0 heterocycles. The zero-order chi connectivity index (χ0) is 14.0. The Bertz CT molecular complexity index is 614. The highest BCUT2D eigenvalue weighted by Gasteiger charge is 2.13. The van der Waals surface area contributed by atoms with Crippen LogP contribution in [-0.4, -0.2) is 12.2 Å². The van der Waals surface area contributed by atoms with Gasteiger partial charge in [0.25, 0.3) is 0 Å². The first-order valence-electron chi connectivity index (χ1n) is 5.20. The van der Waals surface area contributed by atoms with Gasteiger partial charge in [0.05, 0.1) is 11.6 Å². The van der Waals surface area contributed by atoms with Crippen LogP contribution in [0.25, 0.3) is 0 Å². The van der Waals surface area contributed by atoms with E-state index in [1.54, 1.807) is 31.4 Å². The minimum absolute atomic E-state index is 0.0486. The molecule has 0 fully saturated rings. The average molecular weight is 453 g/mol. The summed E-state index contributed by atoms with van der Waals surface area (Å²) >= 11 is 10.1. The van der Waals surface area contributed by atoms with E-state index in [-0.39, 0.29) is 5.75 Å². The first-order valence-corrected chi connectivity index (χ1v) is 7.58. The molecule has 0 saturated heterocycles. The van der Waals surface area contributed by atoms with E-state index in [2.05, 4.69) is 47.8 Å². The Hall–Kier alpha value is -0.720. The summed E-state index contributed by atoms with van der Waals surface area (Å²) < 4.78 is 13.4. The lowest BCUT2D eigenvalue weighted by molar-refractivity contribution is 0.364. The predicted molar refractivity (Wildman–Crippen MR) is 84.3 cm³/mol. The number of methoxy groups -OCH3 is 1. The molecule has 19 heavy (non-hydrogen) atoms. The van der Waals surface area contributed by atoms with Crippen LogP contribution >= 0.6 is 47.8 Å². The van der Waals surface area contributed by atoms with E-state index in [0.29, 0.717) is 17.2 Å². The van der Waals surface area contributed by atoms with Crippen molar-refractivity contribution in [2.75, 3.05) is 7.11 Å². The molecule has 0 amide bonds. The lowest BCUT2D eigenvalue weighted by Crippen LogP contribution is -1.92. The topological polar surface area (TPSA) is 38.7 Å². The molecule has 0 aliphatic rings. The van der Waals surface area contributed by atoms with Crippen molar-refractivity contribution in [3.8, 4) is 23.0 Å². The summed E-state index contributed by atoms with van der Waals surface area (Å²) in [6, 6.07) is 8.65. The Morgan fingerprint density at radius 1 is 0.947 bits per heavy atom. The van der Waals surface area contributed by atoms with Gasteiger partial charge < -0.3 is 14.6 Å². The molecule has 0 radical (unpaired) electrons. The zero-order valence-electron chi connectivity index (χ0n) is 9.78. The molecule has 0 atom stereocenters. The Morgan fingerprint density at radius 2 is 1.68 bits per heavy atom. The van der Waals surface area contributed by atoms with Gasteiger partial charge in [-0.2, -0.15) is 0 Å². The number of rotatable bonds is 3. The lowest BCUT2D eigenvalue weighted by Gasteiger charge is -2.13. The number of benzene rings is 2. The van der Waals surface area contributed by atoms with Gasteiger partial charge in [0.2, 0.25) is 0 Å². The highest BCUT2D eigenvalue weighted by atomic mass is 79.9. The van der Waals surface area contributed by atoms with Gasteiger partial charge >= 0.3 is 0 Å². The van der Waals surface area contributed by atoms with Crippen molar-refractivity contribution in [1.29, 1.82) is 0 Å². The van der Waals surface area contributed by atoms with Crippen molar-refractivity contribution in [3.05, 3.63) is 43.7 Å². The molecule has 2 rings (SSSR count). The first-order chi connectivity index (χ1) is 9.01. The molecule has 6 heteroatoms. The molecule has 1 N–H and O–H groups in total. The minimum atomic E-state index is 0.0486. The lowest BCUT2D eigenvalue weighted by atomic mass is 10.3. The Kier molecular flexibility index (Phi) is 4.76. The zero-order valence-corrected chi connectivity index (χ0v) is 14.5. The third-order valence-corrected chi connectivity index (χ3v) is 3.86. The fraction of sp³-hybridized carbons (Fsp3) is 0.0769. The van der Waals surface area contributed by atoms with E-state index < -0.39 is 0 Å². The normalized spacial score (nSPS) is 10.3.